The monoisotopic (exact) mass is 413 g/mol. The number of likely N-dealkylation sites (tertiary alicyclic amines) is 1. The van der Waals surface area contributed by atoms with Crippen molar-refractivity contribution in [2.24, 2.45) is 11.7 Å². The van der Waals surface area contributed by atoms with Crippen molar-refractivity contribution in [3.63, 3.8) is 0 Å². The zero-order chi connectivity index (χ0) is 20.0. The van der Waals surface area contributed by atoms with Gasteiger partial charge in [-0.2, -0.15) is 0 Å². The first-order chi connectivity index (χ1) is 14.0. The van der Waals surface area contributed by atoms with Crippen molar-refractivity contribution in [3.05, 3.63) is 47.0 Å². The van der Waals surface area contributed by atoms with E-state index in [1.165, 1.54) is 18.4 Å². The van der Waals surface area contributed by atoms with Crippen LogP contribution in [0.15, 0.2) is 36.4 Å². The van der Waals surface area contributed by atoms with E-state index in [4.69, 9.17) is 17.3 Å². The average molecular weight is 414 g/mol. The molecule has 1 aromatic heterocycles. The van der Waals surface area contributed by atoms with Crippen LogP contribution in [0.1, 0.15) is 31.2 Å². The van der Waals surface area contributed by atoms with E-state index in [1.54, 1.807) is 0 Å². The predicted octanol–water partition coefficient (Wildman–Crippen LogP) is 4.38. The number of nitrogens with two attached hydrogens (primary N) is 1. The first-order valence-electron chi connectivity index (χ1n) is 10.3. The summed E-state index contributed by atoms with van der Waals surface area (Å²) < 4.78 is 15.7. The second-order valence-corrected chi connectivity index (χ2v) is 8.90. The van der Waals surface area contributed by atoms with Crippen LogP contribution in [0.25, 0.3) is 22.2 Å². The van der Waals surface area contributed by atoms with Crippen LogP contribution < -0.4 is 5.73 Å². The number of benzene rings is 2. The van der Waals surface area contributed by atoms with Crippen molar-refractivity contribution in [2.45, 2.75) is 44.6 Å². The maximum absolute atomic E-state index is 13.8. The molecule has 29 heavy (non-hydrogen) atoms. The van der Waals surface area contributed by atoms with Gasteiger partial charge in [-0.15, -0.1) is 5.10 Å². The smallest absolute Gasteiger partial charge is 0.161 e. The molecule has 2 N–H and O–H groups in total. The summed E-state index contributed by atoms with van der Waals surface area (Å²) in [4.78, 5) is 2.25. The van der Waals surface area contributed by atoms with Crippen LogP contribution in [0.4, 0.5) is 4.39 Å². The molecule has 2 aliphatic rings. The number of hydrogen-bond donors (Lipinski definition) is 1. The molecule has 0 radical (unpaired) electrons. The lowest BCUT2D eigenvalue weighted by molar-refractivity contribution is 0.0604. The highest BCUT2D eigenvalue weighted by molar-refractivity contribution is 6.37. The van der Waals surface area contributed by atoms with Crippen molar-refractivity contribution in [1.29, 1.82) is 0 Å². The molecule has 1 saturated heterocycles. The molecule has 7 heteroatoms. The minimum Gasteiger partial charge on any atom is -0.299 e. The van der Waals surface area contributed by atoms with E-state index in [0.717, 1.165) is 41.2 Å². The predicted molar refractivity (Wildman–Crippen MR) is 113 cm³/mol. The van der Waals surface area contributed by atoms with Gasteiger partial charge in [-0.3, -0.25) is 10.6 Å². The van der Waals surface area contributed by atoms with Crippen LogP contribution in [0.3, 0.4) is 0 Å². The van der Waals surface area contributed by atoms with Gasteiger partial charge in [-0.05, 0) is 36.0 Å². The molecule has 0 amide bonds. The molecular weight excluding hydrogens is 389 g/mol. The minimum absolute atomic E-state index is 0.391. The standard InChI is InChI=1S/C22H25ClFN5/c23-20-18(7-8-19-21(20)26-27-29(19)14-16-1-2-16)17-5-3-15(4-6-17)13-28-11-9-22(24,25)10-12-28/h3-8,16H,1-2,9-14,25H2. The van der Waals surface area contributed by atoms with Crippen molar-refractivity contribution >= 4 is 22.6 Å². The van der Waals surface area contributed by atoms with Gasteiger partial charge in [0.15, 0.2) is 5.79 Å². The summed E-state index contributed by atoms with van der Waals surface area (Å²) >= 11 is 6.69. The molecule has 0 spiro atoms. The van der Waals surface area contributed by atoms with Crippen LogP contribution in [0.2, 0.25) is 5.02 Å². The molecule has 152 valence electrons. The summed E-state index contributed by atoms with van der Waals surface area (Å²) in [5.41, 5.74) is 10.6. The van der Waals surface area contributed by atoms with Gasteiger partial charge in [-0.1, -0.05) is 47.1 Å². The lowest BCUT2D eigenvalue weighted by atomic mass is 10.0. The van der Waals surface area contributed by atoms with Crippen molar-refractivity contribution in [3.8, 4) is 11.1 Å². The molecule has 1 aliphatic carbocycles. The summed E-state index contributed by atoms with van der Waals surface area (Å²) in [5, 5.41) is 9.28. The van der Waals surface area contributed by atoms with Gasteiger partial charge in [0.25, 0.3) is 0 Å². The number of halogens is 2. The number of aromatic nitrogens is 3. The number of piperidine rings is 1. The molecule has 0 atom stereocenters. The van der Waals surface area contributed by atoms with E-state index in [1.807, 2.05) is 4.68 Å². The molecule has 2 aromatic carbocycles. The van der Waals surface area contributed by atoms with Gasteiger partial charge in [-0.25, -0.2) is 9.07 Å². The second-order valence-electron chi connectivity index (χ2n) is 8.52. The molecule has 5 rings (SSSR count). The number of hydrogen-bond acceptors (Lipinski definition) is 4. The Balaban J connectivity index is 1.33. The van der Waals surface area contributed by atoms with Gasteiger partial charge in [0, 0.05) is 44.6 Å². The van der Waals surface area contributed by atoms with Gasteiger partial charge in [0.05, 0.1) is 10.5 Å². The Hall–Kier alpha value is -2.02. The zero-order valence-electron chi connectivity index (χ0n) is 16.3. The van der Waals surface area contributed by atoms with Crippen LogP contribution in [-0.4, -0.2) is 38.8 Å². The van der Waals surface area contributed by atoms with Crippen molar-refractivity contribution in [1.82, 2.24) is 19.9 Å². The topological polar surface area (TPSA) is 60.0 Å². The highest BCUT2D eigenvalue weighted by atomic mass is 35.5. The van der Waals surface area contributed by atoms with Crippen molar-refractivity contribution < 1.29 is 4.39 Å². The molecule has 1 aliphatic heterocycles. The maximum Gasteiger partial charge on any atom is 0.161 e. The molecule has 0 bridgehead atoms. The third-order valence-electron chi connectivity index (χ3n) is 6.11. The van der Waals surface area contributed by atoms with Crippen LogP contribution in [0.5, 0.6) is 0 Å². The summed E-state index contributed by atoms with van der Waals surface area (Å²) in [6.45, 7) is 3.10. The van der Waals surface area contributed by atoms with E-state index >= 15 is 0 Å². The zero-order valence-corrected chi connectivity index (χ0v) is 17.1. The van der Waals surface area contributed by atoms with Gasteiger partial charge < -0.3 is 0 Å². The highest BCUT2D eigenvalue weighted by Gasteiger charge is 2.30. The van der Waals surface area contributed by atoms with E-state index < -0.39 is 5.79 Å². The molecule has 3 aromatic rings. The lowest BCUT2D eigenvalue weighted by Gasteiger charge is -2.33. The van der Waals surface area contributed by atoms with Crippen LogP contribution >= 0.6 is 11.6 Å². The lowest BCUT2D eigenvalue weighted by Crippen LogP contribution is -2.46. The molecule has 5 nitrogen and oxygen atoms in total. The van der Waals surface area contributed by atoms with Crippen LogP contribution in [-0.2, 0) is 13.1 Å². The van der Waals surface area contributed by atoms with Crippen LogP contribution in [0, 0.1) is 5.92 Å². The van der Waals surface area contributed by atoms with E-state index in [9.17, 15) is 4.39 Å². The second kappa shape index (κ2) is 7.35. The third kappa shape index (κ3) is 4.02. The Bertz CT molecular complexity index is 1020. The highest BCUT2D eigenvalue weighted by Crippen LogP contribution is 2.35. The Labute approximate surface area is 174 Å². The molecular formula is C22H25ClFN5. The Morgan fingerprint density at radius 1 is 1.10 bits per heavy atom. The summed E-state index contributed by atoms with van der Waals surface area (Å²) in [6, 6.07) is 12.5. The Kier molecular flexibility index (Phi) is 4.81. The Morgan fingerprint density at radius 2 is 1.83 bits per heavy atom. The largest absolute Gasteiger partial charge is 0.299 e. The number of alkyl halides is 1. The first kappa shape index (κ1) is 19.0. The fourth-order valence-corrected chi connectivity index (χ4v) is 4.34. The summed E-state index contributed by atoms with van der Waals surface area (Å²) in [5.74, 6) is -0.770. The SMILES string of the molecule is NC1(F)CCN(Cc2ccc(-c3ccc4c(nnn4CC4CC4)c3Cl)cc2)CC1. The molecule has 2 heterocycles. The normalized spacial score (nSPS) is 19.7. The number of rotatable bonds is 5. The van der Waals surface area contributed by atoms with E-state index in [0.29, 0.717) is 31.0 Å². The van der Waals surface area contributed by atoms with Gasteiger partial charge in [0.2, 0.25) is 0 Å². The summed E-state index contributed by atoms with van der Waals surface area (Å²) in [7, 11) is 0. The van der Waals surface area contributed by atoms with Crippen molar-refractivity contribution in [2.75, 3.05) is 13.1 Å². The quantitative estimate of drug-likeness (QED) is 0.630. The van der Waals surface area contributed by atoms with Gasteiger partial charge >= 0.3 is 0 Å². The fourth-order valence-electron chi connectivity index (χ4n) is 4.04. The minimum atomic E-state index is -1.50. The van der Waals surface area contributed by atoms with Gasteiger partial charge in [0.1, 0.15) is 5.52 Å². The maximum atomic E-state index is 13.8. The summed E-state index contributed by atoms with van der Waals surface area (Å²) in [6.07, 6.45) is 3.33. The Morgan fingerprint density at radius 3 is 2.52 bits per heavy atom. The molecule has 1 saturated carbocycles. The molecule has 0 unspecified atom stereocenters. The van der Waals surface area contributed by atoms with E-state index in [-0.39, 0.29) is 0 Å². The fraction of sp³-hybridized carbons (Fsp3) is 0.455. The first-order valence-corrected chi connectivity index (χ1v) is 10.7. The third-order valence-corrected chi connectivity index (χ3v) is 6.49. The molecule has 2 fully saturated rings. The average Bonchev–Trinajstić information content (AvgIpc) is 3.43. The van der Waals surface area contributed by atoms with E-state index in [2.05, 4.69) is 51.6 Å². The number of nitrogens with zero attached hydrogens (tertiary/aromatic N) is 4. The number of fused-ring (bicyclic) bond motifs is 1.